The normalized spacial score (nSPS) is 6.00. The van der Waals surface area contributed by atoms with E-state index in [1.165, 1.54) is 19.6 Å². The summed E-state index contributed by atoms with van der Waals surface area (Å²) in [5.41, 5.74) is 0. The van der Waals surface area contributed by atoms with Crippen LogP contribution in [0.5, 0.6) is 0 Å². The summed E-state index contributed by atoms with van der Waals surface area (Å²) in [6, 6.07) is 0. The van der Waals surface area contributed by atoms with Gasteiger partial charge in [-0.3, -0.25) is 0 Å². The molecule has 0 unspecified atom stereocenters. The van der Waals surface area contributed by atoms with Gasteiger partial charge >= 0.3 is 0 Å². The van der Waals surface area contributed by atoms with Gasteiger partial charge in [0.15, 0.2) is 0 Å². The average molecular weight is 295 g/mol. The van der Waals surface area contributed by atoms with Gasteiger partial charge in [-0.05, 0) is 19.6 Å². The third-order valence-corrected chi connectivity index (χ3v) is 1.34. The van der Waals surface area contributed by atoms with Crippen LogP contribution in [0.3, 0.4) is 0 Å². The molecule has 0 spiro atoms. The molecule has 0 aliphatic heterocycles. The van der Waals surface area contributed by atoms with E-state index in [9.17, 15) is 0 Å². The molecule has 0 aliphatic rings. The van der Waals surface area contributed by atoms with Crippen LogP contribution in [0.4, 0.5) is 0 Å². The Labute approximate surface area is 116 Å². The zero-order chi connectivity index (χ0) is 5.70. The van der Waals surface area contributed by atoms with Crippen LogP contribution < -0.4 is 0 Å². The number of rotatable bonds is 3. The summed E-state index contributed by atoms with van der Waals surface area (Å²) in [5.74, 6) is 0. The first-order valence-corrected chi connectivity index (χ1v) is 3.07. The molecular formula is C6H19Cl4NTi. The van der Waals surface area contributed by atoms with Gasteiger partial charge in [-0.25, -0.2) is 0 Å². The standard InChI is InChI=1S/C6H15N.4ClH.Ti/c1-4-7(5-2)6-3;;;;;/h4-6H2,1-3H3;4*1H;. The summed E-state index contributed by atoms with van der Waals surface area (Å²) < 4.78 is 0. The van der Waals surface area contributed by atoms with Crippen molar-refractivity contribution in [1.82, 2.24) is 4.90 Å². The Morgan fingerprint density at radius 1 is 0.667 bits per heavy atom. The molecule has 0 amide bonds. The van der Waals surface area contributed by atoms with E-state index in [4.69, 9.17) is 0 Å². The molecule has 0 N–H and O–H groups in total. The molecule has 0 heterocycles. The third-order valence-electron chi connectivity index (χ3n) is 1.34. The molecule has 0 rings (SSSR count). The van der Waals surface area contributed by atoms with Crippen molar-refractivity contribution in [3.8, 4) is 0 Å². The fourth-order valence-corrected chi connectivity index (χ4v) is 0.671. The Kier molecular flexibility index (Phi) is 90.6. The molecule has 1 nitrogen and oxygen atoms in total. The first kappa shape index (κ1) is 37.1. The largest absolute Gasteiger partial charge is 0.304 e. The minimum atomic E-state index is 0. The van der Waals surface area contributed by atoms with Crippen molar-refractivity contribution in [3.05, 3.63) is 0 Å². The van der Waals surface area contributed by atoms with Gasteiger partial charge in [0.05, 0.1) is 0 Å². The monoisotopic (exact) mass is 293 g/mol. The number of nitrogens with zero attached hydrogens (tertiary/aromatic N) is 1. The molecule has 0 radical (unpaired) electrons. The maximum absolute atomic E-state index is 2.38. The second-order valence-electron chi connectivity index (χ2n) is 1.62. The van der Waals surface area contributed by atoms with Crippen molar-refractivity contribution in [2.45, 2.75) is 20.8 Å². The van der Waals surface area contributed by atoms with E-state index in [0.717, 1.165) is 0 Å². The molecule has 0 aromatic rings. The van der Waals surface area contributed by atoms with Gasteiger partial charge in [0.2, 0.25) is 0 Å². The summed E-state index contributed by atoms with van der Waals surface area (Å²) >= 11 is 0. The van der Waals surface area contributed by atoms with Crippen molar-refractivity contribution in [2.75, 3.05) is 19.6 Å². The second kappa shape index (κ2) is 29.3. The van der Waals surface area contributed by atoms with E-state index in [2.05, 4.69) is 25.7 Å². The van der Waals surface area contributed by atoms with E-state index in [0.29, 0.717) is 0 Å². The number of halogens is 4. The summed E-state index contributed by atoms with van der Waals surface area (Å²) in [7, 11) is 0. The van der Waals surface area contributed by atoms with Gasteiger partial charge in [-0.15, -0.1) is 49.6 Å². The van der Waals surface area contributed by atoms with E-state index in [-0.39, 0.29) is 71.3 Å². The van der Waals surface area contributed by atoms with Crippen molar-refractivity contribution >= 4 is 49.6 Å². The molecule has 0 atom stereocenters. The van der Waals surface area contributed by atoms with Gasteiger partial charge in [0.1, 0.15) is 0 Å². The van der Waals surface area contributed by atoms with Gasteiger partial charge in [-0.1, -0.05) is 20.8 Å². The van der Waals surface area contributed by atoms with Crippen molar-refractivity contribution in [1.29, 1.82) is 0 Å². The molecule has 0 bridgehead atoms. The Bertz CT molecular complexity index is 41.0. The molecule has 0 saturated carbocycles. The number of hydrogen-bond donors (Lipinski definition) is 0. The Morgan fingerprint density at radius 2 is 0.833 bits per heavy atom. The van der Waals surface area contributed by atoms with Crippen LogP contribution in [0.15, 0.2) is 0 Å². The predicted molar refractivity (Wildman–Crippen MR) is 62.5 cm³/mol. The van der Waals surface area contributed by atoms with Crippen LogP contribution in [-0.4, -0.2) is 24.5 Å². The van der Waals surface area contributed by atoms with Gasteiger partial charge in [0, 0.05) is 21.7 Å². The van der Waals surface area contributed by atoms with E-state index in [1.54, 1.807) is 0 Å². The topological polar surface area (TPSA) is 3.24 Å². The van der Waals surface area contributed by atoms with Crippen molar-refractivity contribution < 1.29 is 21.7 Å². The SMILES string of the molecule is CCN(CC)CC.Cl.Cl.Cl.Cl.[Ti]. The Balaban J connectivity index is -0.0000000180. The van der Waals surface area contributed by atoms with Crippen LogP contribution in [0.2, 0.25) is 0 Å². The van der Waals surface area contributed by atoms with Gasteiger partial charge < -0.3 is 4.90 Å². The molecule has 0 saturated heterocycles. The van der Waals surface area contributed by atoms with E-state index in [1.807, 2.05) is 0 Å². The Hall–Kier alpha value is 1.83. The average Bonchev–Trinajstić information content (AvgIpc) is 1.72. The fourth-order valence-electron chi connectivity index (χ4n) is 0.671. The molecule has 0 aliphatic carbocycles. The van der Waals surface area contributed by atoms with Crippen LogP contribution in [-0.2, 0) is 21.7 Å². The van der Waals surface area contributed by atoms with Gasteiger partial charge in [-0.2, -0.15) is 0 Å². The minimum Gasteiger partial charge on any atom is -0.304 e. The van der Waals surface area contributed by atoms with Crippen molar-refractivity contribution in [2.24, 2.45) is 0 Å². The van der Waals surface area contributed by atoms with E-state index >= 15 is 0 Å². The third kappa shape index (κ3) is 22.6. The maximum Gasteiger partial charge on any atom is 0 e. The van der Waals surface area contributed by atoms with Crippen LogP contribution >= 0.6 is 49.6 Å². The quantitative estimate of drug-likeness (QED) is 0.723. The zero-order valence-corrected chi connectivity index (χ0v) is 12.5. The van der Waals surface area contributed by atoms with Crippen LogP contribution in [0.1, 0.15) is 20.8 Å². The maximum atomic E-state index is 2.38. The molecule has 0 fully saturated rings. The first-order chi connectivity index (χ1) is 3.35. The fraction of sp³-hybridized carbons (Fsp3) is 1.00. The molecule has 0 aromatic carbocycles. The summed E-state index contributed by atoms with van der Waals surface area (Å²) in [5, 5.41) is 0. The summed E-state index contributed by atoms with van der Waals surface area (Å²) in [4.78, 5) is 2.38. The van der Waals surface area contributed by atoms with Crippen LogP contribution in [0, 0.1) is 0 Å². The molecule has 80 valence electrons. The molecule has 6 heteroatoms. The molecule has 0 aromatic heterocycles. The smallest absolute Gasteiger partial charge is 0 e. The zero-order valence-electron chi connectivity index (χ0n) is 7.70. The second-order valence-corrected chi connectivity index (χ2v) is 1.62. The van der Waals surface area contributed by atoms with Gasteiger partial charge in [0.25, 0.3) is 0 Å². The number of hydrogen-bond acceptors (Lipinski definition) is 1. The van der Waals surface area contributed by atoms with Crippen molar-refractivity contribution in [3.63, 3.8) is 0 Å². The summed E-state index contributed by atoms with van der Waals surface area (Å²) in [6.07, 6.45) is 0. The Morgan fingerprint density at radius 3 is 0.833 bits per heavy atom. The predicted octanol–water partition coefficient (Wildman–Crippen LogP) is 3.03. The first-order valence-electron chi connectivity index (χ1n) is 3.07. The molecular weight excluding hydrogens is 276 g/mol. The molecule has 12 heavy (non-hydrogen) atoms. The summed E-state index contributed by atoms with van der Waals surface area (Å²) in [6.45, 7) is 10.1. The minimum absolute atomic E-state index is 0. The van der Waals surface area contributed by atoms with Crippen LogP contribution in [0.25, 0.3) is 0 Å². The van der Waals surface area contributed by atoms with E-state index < -0.39 is 0 Å².